The molecule has 1 aromatic rings. The van der Waals surface area contributed by atoms with Crippen LogP contribution in [-0.4, -0.2) is 10.1 Å². The van der Waals surface area contributed by atoms with Crippen LogP contribution in [0.25, 0.3) is 0 Å². The van der Waals surface area contributed by atoms with Gasteiger partial charge in [-0.1, -0.05) is 38.3 Å². The third-order valence-electron chi connectivity index (χ3n) is 3.59. The minimum absolute atomic E-state index is 0.335. The van der Waals surface area contributed by atoms with E-state index >= 15 is 0 Å². The number of nitrogens with zero attached hydrogens (tertiary/aromatic N) is 2. The summed E-state index contributed by atoms with van der Waals surface area (Å²) >= 11 is 0. The van der Waals surface area contributed by atoms with Crippen LogP contribution in [0.1, 0.15) is 64.1 Å². The summed E-state index contributed by atoms with van der Waals surface area (Å²) in [6.07, 6.45) is 7.53. The molecule has 1 aliphatic carbocycles. The standard InChI is InChI=1S/C13H23N3O/c1-10(2)6-7-11-15-12(16-17-11)13(14)8-4-3-5-9-13/h10H,3-9,14H2,1-2H3. The molecule has 4 nitrogen and oxygen atoms in total. The van der Waals surface area contributed by atoms with Gasteiger partial charge in [0, 0.05) is 6.42 Å². The zero-order chi connectivity index (χ0) is 12.3. The average molecular weight is 237 g/mol. The summed E-state index contributed by atoms with van der Waals surface area (Å²) in [6, 6.07) is 0. The minimum Gasteiger partial charge on any atom is -0.339 e. The van der Waals surface area contributed by atoms with Crippen LogP contribution in [0.5, 0.6) is 0 Å². The predicted molar refractivity (Wildman–Crippen MR) is 66.4 cm³/mol. The van der Waals surface area contributed by atoms with E-state index in [-0.39, 0.29) is 5.54 Å². The second kappa shape index (κ2) is 5.17. The zero-order valence-electron chi connectivity index (χ0n) is 10.9. The van der Waals surface area contributed by atoms with Crippen molar-refractivity contribution >= 4 is 0 Å². The van der Waals surface area contributed by atoms with E-state index in [4.69, 9.17) is 10.3 Å². The Kier molecular flexibility index (Phi) is 3.82. The molecule has 0 radical (unpaired) electrons. The molecule has 1 aliphatic rings. The van der Waals surface area contributed by atoms with Crippen LogP contribution in [0.15, 0.2) is 4.52 Å². The number of aryl methyl sites for hydroxylation is 1. The fourth-order valence-corrected chi connectivity index (χ4v) is 2.38. The molecule has 4 heteroatoms. The molecule has 2 rings (SSSR count). The lowest BCUT2D eigenvalue weighted by molar-refractivity contribution is 0.273. The highest BCUT2D eigenvalue weighted by molar-refractivity contribution is 5.05. The van der Waals surface area contributed by atoms with Crippen molar-refractivity contribution < 1.29 is 4.52 Å². The Morgan fingerprint density at radius 1 is 1.29 bits per heavy atom. The average Bonchev–Trinajstić information content (AvgIpc) is 2.76. The Morgan fingerprint density at radius 2 is 2.00 bits per heavy atom. The fraction of sp³-hybridized carbons (Fsp3) is 0.846. The zero-order valence-corrected chi connectivity index (χ0v) is 10.9. The third-order valence-corrected chi connectivity index (χ3v) is 3.59. The van der Waals surface area contributed by atoms with E-state index in [2.05, 4.69) is 24.0 Å². The van der Waals surface area contributed by atoms with Crippen LogP contribution in [0.2, 0.25) is 0 Å². The summed E-state index contributed by atoms with van der Waals surface area (Å²) in [6.45, 7) is 4.39. The Bertz CT molecular complexity index is 353. The van der Waals surface area contributed by atoms with E-state index in [0.717, 1.165) is 37.4 Å². The first-order chi connectivity index (χ1) is 8.10. The van der Waals surface area contributed by atoms with Gasteiger partial charge in [0.15, 0.2) is 5.82 Å². The number of rotatable bonds is 4. The van der Waals surface area contributed by atoms with E-state index in [9.17, 15) is 0 Å². The lowest BCUT2D eigenvalue weighted by Gasteiger charge is -2.29. The molecule has 0 bridgehead atoms. The maximum absolute atomic E-state index is 6.36. The highest BCUT2D eigenvalue weighted by Gasteiger charge is 2.34. The van der Waals surface area contributed by atoms with Gasteiger partial charge in [-0.05, 0) is 25.2 Å². The quantitative estimate of drug-likeness (QED) is 0.874. The summed E-state index contributed by atoms with van der Waals surface area (Å²) in [5, 5.41) is 4.08. The minimum atomic E-state index is -0.335. The van der Waals surface area contributed by atoms with Gasteiger partial charge < -0.3 is 10.3 Å². The summed E-state index contributed by atoms with van der Waals surface area (Å²) in [4.78, 5) is 4.47. The van der Waals surface area contributed by atoms with Crippen LogP contribution in [-0.2, 0) is 12.0 Å². The highest BCUT2D eigenvalue weighted by atomic mass is 16.5. The molecule has 0 unspecified atom stereocenters. The Labute approximate surface area is 103 Å². The lowest BCUT2D eigenvalue weighted by Crippen LogP contribution is -2.39. The summed E-state index contributed by atoms with van der Waals surface area (Å²) in [5.41, 5.74) is 6.03. The molecular formula is C13H23N3O. The van der Waals surface area contributed by atoms with Crippen LogP contribution >= 0.6 is 0 Å². The molecular weight excluding hydrogens is 214 g/mol. The van der Waals surface area contributed by atoms with Crippen molar-refractivity contribution in [1.29, 1.82) is 0 Å². The molecule has 17 heavy (non-hydrogen) atoms. The molecule has 96 valence electrons. The monoisotopic (exact) mass is 237 g/mol. The molecule has 0 spiro atoms. The normalized spacial score (nSPS) is 19.8. The van der Waals surface area contributed by atoms with Gasteiger partial charge in [-0.15, -0.1) is 0 Å². The van der Waals surface area contributed by atoms with E-state index in [1.54, 1.807) is 0 Å². The summed E-state index contributed by atoms with van der Waals surface area (Å²) in [5.74, 6) is 2.12. The smallest absolute Gasteiger partial charge is 0.226 e. The Balaban J connectivity index is 2.01. The van der Waals surface area contributed by atoms with Gasteiger partial charge in [0.25, 0.3) is 0 Å². The number of aromatic nitrogens is 2. The van der Waals surface area contributed by atoms with Crippen molar-refractivity contribution in [2.75, 3.05) is 0 Å². The van der Waals surface area contributed by atoms with Gasteiger partial charge >= 0.3 is 0 Å². The number of hydrogen-bond acceptors (Lipinski definition) is 4. The largest absolute Gasteiger partial charge is 0.339 e. The Hall–Kier alpha value is -0.900. The molecule has 1 fully saturated rings. The van der Waals surface area contributed by atoms with E-state index < -0.39 is 0 Å². The van der Waals surface area contributed by atoms with Gasteiger partial charge in [0.1, 0.15) is 0 Å². The molecule has 0 aromatic carbocycles. The molecule has 0 aliphatic heterocycles. The first kappa shape index (κ1) is 12.6. The van der Waals surface area contributed by atoms with Crippen molar-refractivity contribution in [3.05, 3.63) is 11.7 Å². The highest BCUT2D eigenvalue weighted by Crippen LogP contribution is 2.33. The molecule has 1 heterocycles. The van der Waals surface area contributed by atoms with Crippen molar-refractivity contribution in [1.82, 2.24) is 10.1 Å². The summed E-state index contributed by atoms with van der Waals surface area (Å²) in [7, 11) is 0. The van der Waals surface area contributed by atoms with Crippen LogP contribution in [0.4, 0.5) is 0 Å². The molecule has 0 atom stereocenters. The van der Waals surface area contributed by atoms with Gasteiger partial charge in [-0.25, -0.2) is 0 Å². The summed E-state index contributed by atoms with van der Waals surface area (Å²) < 4.78 is 5.29. The van der Waals surface area contributed by atoms with Crippen molar-refractivity contribution in [2.45, 2.75) is 64.3 Å². The molecule has 2 N–H and O–H groups in total. The lowest BCUT2D eigenvalue weighted by atomic mass is 9.82. The van der Waals surface area contributed by atoms with Crippen molar-refractivity contribution in [3.8, 4) is 0 Å². The predicted octanol–water partition coefficient (Wildman–Crippen LogP) is 2.78. The van der Waals surface area contributed by atoms with E-state index in [1.165, 1.54) is 19.3 Å². The van der Waals surface area contributed by atoms with E-state index in [0.29, 0.717) is 5.92 Å². The fourth-order valence-electron chi connectivity index (χ4n) is 2.38. The van der Waals surface area contributed by atoms with Crippen LogP contribution in [0.3, 0.4) is 0 Å². The maximum Gasteiger partial charge on any atom is 0.226 e. The van der Waals surface area contributed by atoms with Crippen LogP contribution < -0.4 is 5.73 Å². The second-order valence-corrected chi connectivity index (χ2v) is 5.66. The van der Waals surface area contributed by atoms with Crippen molar-refractivity contribution in [3.63, 3.8) is 0 Å². The Morgan fingerprint density at radius 3 is 2.65 bits per heavy atom. The number of hydrogen-bond donors (Lipinski definition) is 1. The molecule has 1 aromatic heterocycles. The topological polar surface area (TPSA) is 64.9 Å². The SMILES string of the molecule is CC(C)CCc1nc(C2(N)CCCCC2)no1. The van der Waals surface area contributed by atoms with Crippen LogP contribution in [0, 0.1) is 5.92 Å². The number of nitrogens with two attached hydrogens (primary N) is 1. The van der Waals surface area contributed by atoms with E-state index in [1.807, 2.05) is 0 Å². The van der Waals surface area contributed by atoms with Gasteiger partial charge in [-0.2, -0.15) is 4.98 Å². The molecule has 0 amide bonds. The van der Waals surface area contributed by atoms with Gasteiger partial charge in [0.05, 0.1) is 5.54 Å². The van der Waals surface area contributed by atoms with Gasteiger partial charge in [0.2, 0.25) is 5.89 Å². The molecule has 1 saturated carbocycles. The third kappa shape index (κ3) is 3.06. The van der Waals surface area contributed by atoms with Gasteiger partial charge in [-0.3, -0.25) is 0 Å². The first-order valence-electron chi connectivity index (χ1n) is 6.72. The maximum atomic E-state index is 6.36. The van der Waals surface area contributed by atoms with Crippen molar-refractivity contribution in [2.24, 2.45) is 11.7 Å². The first-order valence-corrected chi connectivity index (χ1v) is 6.72. The second-order valence-electron chi connectivity index (χ2n) is 5.66. The molecule has 0 saturated heterocycles.